The predicted molar refractivity (Wildman–Crippen MR) is 60.3 cm³/mol. The molecule has 3 nitrogen and oxygen atoms in total. The SMILES string of the molecule is CCC(O)(C(=O)OC)c1cccc(Br)c1. The third kappa shape index (κ3) is 2.38. The third-order valence-corrected chi connectivity index (χ3v) is 2.83. The van der Waals surface area contributed by atoms with Crippen LogP contribution in [0.3, 0.4) is 0 Å². The molecule has 15 heavy (non-hydrogen) atoms. The Morgan fingerprint density at radius 3 is 2.73 bits per heavy atom. The minimum atomic E-state index is -1.56. The molecule has 0 radical (unpaired) electrons. The van der Waals surface area contributed by atoms with Crippen molar-refractivity contribution < 1.29 is 14.6 Å². The lowest BCUT2D eigenvalue weighted by Crippen LogP contribution is -2.36. The molecule has 1 atom stereocenters. The second kappa shape index (κ2) is 4.77. The van der Waals surface area contributed by atoms with Gasteiger partial charge in [0.25, 0.3) is 0 Å². The van der Waals surface area contributed by atoms with Gasteiger partial charge in [0.1, 0.15) is 0 Å². The van der Waals surface area contributed by atoms with Gasteiger partial charge in [-0.3, -0.25) is 0 Å². The Morgan fingerprint density at radius 1 is 1.60 bits per heavy atom. The minimum Gasteiger partial charge on any atom is -0.467 e. The summed E-state index contributed by atoms with van der Waals surface area (Å²) in [6, 6.07) is 7.01. The molecule has 0 aromatic heterocycles. The Kier molecular flexibility index (Phi) is 3.88. The van der Waals surface area contributed by atoms with Crippen molar-refractivity contribution in [2.45, 2.75) is 18.9 Å². The van der Waals surface area contributed by atoms with Gasteiger partial charge in [0, 0.05) is 4.47 Å². The second-order valence-corrected chi connectivity index (χ2v) is 4.13. The number of hydrogen-bond acceptors (Lipinski definition) is 3. The zero-order valence-electron chi connectivity index (χ0n) is 8.66. The van der Waals surface area contributed by atoms with E-state index in [4.69, 9.17) is 0 Å². The molecule has 82 valence electrons. The largest absolute Gasteiger partial charge is 0.467 e. The Hall–Kier alpha value is -0.870. The van der Waals surface area contributed by atoms with Crippen LogP contribution in [-0.4, -0.2) is 18.2 Å². The summed E-state index contributed by atoms with van der Waals surface area (Å²) >= 11 is 3.29. The van der Waals surface area contributed by atoms with Gasteiger partial charge < -0.3 is 9.84 Å². The molecule has 1 aromatic rings. The number of rotatable bonds is 3. The lowest BCUT2D eigenvalue weighted by molar-refractivity contribution is -0.164. The van der Waals surface area contributed by atoms with Crippen LogP contribution in [0.15, 0.2) is 28.7 Å². The Labute approximate surface area is 97.2 Å². The van der Waals surface area contributed by atoms with Crippen LogP contribution in [0.1, 0.15) is 18.9 Å². The van der Waals surface area contributed by atoms with Gasteiger partial charge in [0.15, 0.2) is 5.60 Å². The third-order valence-electron chi connectivity index (χ3n) is 2.34. The molecule has 1 aromatic carbocycles. The summed E-state index contributed by atoms with van der Waals surface area (Å²) in [6.45, 7) is 1.73. The maximum atomic E-state index is 11.5. The predicted octanol–water partition coefficient (Wildman–Crippen LogP) is 2.22. The molecule has 0 saturated carbocycles. The van der Waals surface area contributed by atoms with Gasteiger partial charge >= 0.3 is 5.97 Å². The summed E-state index contributed by atoms with van der Waals surface area (Å²) in [6.07, 6.45) is 0.274. The second-order valence-electron chi connectivity index (χ2n) is 3.22. The van der Waals surface area contributed by atoms with Crippen molar-refractivity contribution in [1.29, 1.82) is 0 Å². The standard InChI is InChI=1S/C11H13BrO3/c1-3-11(14,10(13)15-2)8-5-4-6-9(12)7-8/h4-7,14H,3H2,1-2H3. The van der Waals surface area contributed by atoms with E-state index < -0.39 is 11.6 Å². The molecular formula is C11H13BrO3. The first-order valence-electron chi connectivity index (χ1n) is 4.61. The number of ether oxygens (including phenoxy) is 1. The lowest BCUT2D eigenvalue weighted by Gasteiger charge is -2.24. The number of aliphatic hydroxyl groups is 1. The molecule has 1 unspecified atom stereocenters. The Morgan fingerprint density at radius 2 is 2.27 bits per heavy atom. The van der Waals surface area contributed by atoms with E-state index >= 15 is 0 Å². The number of esters is 1. The van der Waals surface area contributed by atoms with Crippen molar-refractivity contribution in [1.82, 2.24) is 0 Å². The molecule has 0 spiro atoms. The van der Waals surface area contributed by atoms with Crippen LogP contribution < -0.4 is 0 Å². The normalized spacial score (nSPS) is 14.4. The van der Waals surface area contributed by atoms with E-state index in [0.717, 1.165) is 4.47 Å². The van der Waals surface area contributed by atoms with E-state index in [0.29, 0.717) is 5.56 Å². The smallest absolute Gasteiger partial charge is 0.342 e. The fourth-order valence-corrected chi connectivity index (χ4v) is 1.78. The highest BCUT2D eigenvalue weighted by Gasteiger charge is 2.37. The van der Waals surface area contributed by atoms with E-state index in [1.165, 1.54) is 7.11 Å². The van der Waals surface area contributed by atoms with Gasteiger partial charge in [-0.05, 0) is 24.1 Å². The number of carbonyl (C=O) groups excluding carboxylic acids is 1. The van der Waals surface area contributed by atoms with Gasteiger partial charge in [-0.15, -0.1) is 0 Å². The summed E-state index contributed by atoms with van der Waals surface area (Å²) in [7, 11) is 1.26. The van der Waals surface area contributed by atoms with Gasteiger partial charge in [-0.2, -0.15) is 0 Å². The molecule has 0 amide bonds. The van der Waals surface area contributed by atoms with Crippen LogP contribution in [0.4, 0.5) is 0 Å². The topological polar surface area (TPSA) is 46.5 Å². The van der Waals surface area contributed by atoms with Crippen LogP contribution >= 0.6 is 15.9 Å². The van der Waals surface area contributed by atoms with Crippen molar-refractivity contribution in [2.24, 2.45) is 0 Å². The lowest BCUT2D eigenvalue weighted by atomic mass is 9.91. The summed E-state index contributed by atoms with van der Waals surface area (Å²) < 4.78 is 5.41. The van der Waals surface area contributed by atoms with E-state index in [2.05, 4.69) is 20.7 Å². The van der Waals surface area contributed by atoms with E-state index in [-0.39, 0.29) is 6.42 Å². The molecule has 0 fully saturated rings. The fraction of sp³-hybridized carbons (Fsp3) is 0.364. The minimum absolute atomic E-state index is 0.274. The number of benzene rings is 1. The van der Waals surface area contributed by atoms with Gasteiger partial charge in [-0.25, -0.2) is 4.79 Å². The van der Waals surface area contributed by atoms with Crippen molar-refractivity contribution in [2.75, 3.05) is 7.11 Å². The summed E-state index contributed by atoms with van der Waals surface area (Å²) in [5, 5.41) is 10.2. The highest BCUT2D eigenvalue weighted by molar-refractivity contribution is 9.10. The molecule has 1 N–H and O–H groups in total. The zero-order chi connectivity index (χ0) is 11.5. The van der Waals surface area contributed by atoms with Crippen LogP contribution in [0.2, 0.25) is 0 Å². The summed E-state index contributed by atoms with van der Waals surface area (Å²) in [5.74, 6) is -0.636. The first kappa shape index (κ1) is 12.2. The van der Waals surface area contributed by atoms with Crippen LogP contribution in [-0.2, 0) is 15.1 Å². The van der Waals surface area contributed by atoms with Crippen molar-refractivity contribution in [3.63, 3.8) is 0 Å². The highest BCUT2D eigenvalue weighted by Crippen LogP contribution is 2.28. The van der Waals surface area contributed by atoms with Crippen LogP contribution in [0, 0.1) is 0 Å². The Bertz CT molecular complexity index is 365. The van der Waals surface area contributed by atoms with E-state index in [1.807, 2.05) is 6.07 Å². The average Bonchev–Trinajstić information content (AvgIpc) is 2.26. The maximum Gasteiger partial charge on any atom is 0.342 e. The summed E-state index contributed by atoms with van der Waals surface area (Å²) in [5.41, 5.74) is -1.02. The van der Waals surface area contributed by atoms with E-state index in [9.17, 15) is 9.90 Å². The number of hydrogen-bond donors (Lipinski definition) is 1. The van der Waals surface area contributed by atoms with Gasteiger partial charge in [-0.1, -0.05) is 35.0 Å². The quantitative estimate of drug-likeness (QED) is 0.859. The fourth-order valence-electron chi connectivity index (χ4n) is 1.38. The van der Waals surface area contributed by atoms with Crippen molar-refractivity contribution >= 4 is 21.9 Å². The molecule has 0 aliphatic rings. The molecular weight excluding hydrogens is 260 g/mol. The van der Waals surface area contributed by atoms with Crippen molar-refractivity contribution in [3.05, 3.63) is 34.3 Å². The highest BCUT2D eigenvalue weighted by atomic mass is 79.9. The van der Waals surface area contributed by atoms with Crippen molar-refractivity contribution in [3.8, 4) is 0 Å². The molecule has 0 aliphatic carbocycles. The first-order valence-corrected chi connectivity index (χ1v) is 5.40. The average molecular weight is 273 g/mol. The molecule has 0 heterocycles. The van der Waals surface area contributed by atoms with Crippen LogP contribution in [0.5, 0.6) is 0 Å². The first-order chi connectivity index (χ1) is 7.04. The summed E-state index contributed by atoms with van der Waals surface area (Å²) in [4.78, 5) is 11.5. The van der Waals surface area contributed by atoms with Gasteiger partial charge in [0.05, 0.1) is 7.11 Å². The molecule has 0 aliphatic heterocycles. The van der Waals surface area contributed by atoms with E-state index in [1.54, 1.807) is 25.1 Å². The molecule has 4 heteroatoms. The number of halogens is 1. The maximum absolute atomic E-state index is 11.5. The number of methoxy groups -OCH3 is 1. The van der Waals surface area contributed by atoms with Crippen LogP contribution in [0.25, 0.3) is 0 Å². The number of carbonyl (C=O) groups is 1. The zero-order valence-corrected chi connectivity index (χ0v) is 10.2. The molecule has 0 bridgehead atoms. The molecule has 0 saturated heterocycles. The monoisotopic (exact) mass is 272 g/mol. The Balaban J connectivity index is 3.16. The van der Waals surface area contributed by atoms with Gasteiger partial charge in [0.2, 0.25) is 0 Å². The molecule has 1 rings (SSSR count).